The SMILES string of the molecule is Cc1c(/C=N\NC(=O)COc2ccccc2Cl)cc(C#N)n1C. The lowest BCUT2D eigenvalue weighted by molar-refractivity contribution is -0.123. The van der Waals surface area contributed by atoms with Crippen LogP contribution in [0.15, 0.2) is 35.4 Å². The Balaban J connectivity index is 1.90. The van der Waals surface area contributed by atoms with E-state index in [1.165, 1.54) is 6.21 Å². The Bertz CT molecular complexity index is 790. The number of nitrogens with zero attached hydrogens (tertiary/aromatic N) is 3. The van der Waals surface area contributed by atoms with Crippen LogP contribution < -0.4 is 10.2 Å². The molecule has 1 aromatic carbocycles. The van der Waals surface area contributed by atoms with E-state index in [1.54, 1.807) is 41.9 Å². The fourth-order valence-electron chi connectivity index (χ4n) is 1.87. The molecule has 6 nitrogen and oxygen atoms in total. The molecule has 0 aliphatic heterocycles. The van der Waals surface area contributed by atoms with Gasteiger partial charge in [0.1, 0.15) is 17.5 Å². The van der Waals surface area contributed by atoms with E-state index < -0.39 is 5.91 Å². The summed E-state index contributed by atoms with van der Waals surface area (Å²) in [5.74, 6) is 0.0288. The van der Waals surface area contributed by atoms with Crippen molar-refractivity contribution in [2.24, 2.45) is 12.1 Å². The van der Waals surface area contributed by atoms with Gasteiger partial charge in [-0.25, -0.2) is 5.43 Å². The van der Waals surface area contributed by atoms with Crippen LogP contribution in [0.4, 0.5) is 0 Å². The zero-order valence-corrected chi connectivity index (χ0v) is 13.5. The highest BCUT2D eigenvalue weighted by atomic mass is 35.5. The number of ether oxygens (including phenoxy) is 1. The largest absolute Gasteiger partial charge is 0.482 e. The van der Waals surface area contributed by atoms with Crippen molar-refractivity contribution < 1.29 is 9.53 Å². The highest BCUT2D eigenvalue weighted by Crippen LogP contribution is 2.22. The maximum atomic E-state index is 11.7. The molecule has 0 aliphatic rings. The molecular weight excluding hydrogens is 316 g/mol. The molecule has 0 spiro atoms. The van der Waals surface area contributed by atoms with E-state index in [0.29, 0.717) is 16.5 Å². The number of hydrogen-bond acceptors (Lipinski definition) is 4. The highest BCUT2D eigenvalue weighted by molar-refractivity contribution is 6.32. The summed E-state index contributed by atoms with van der Waals surface area (Å²) in [6.45, 7) is 1.67. The quantitative estimate of drug-likeness (QED) is 0.675. The second-order valence-corrected chi connectivity index (χ2v) is 5.16. The summed E-state index contributed by atoms with van der Waals surface area (Å²) in [5, 5.41) is 13.3. The normalized spacial score (nSPS) is 10.5. The monoisotopic (exact) mass is 330 g/mol. The number of nitrogens with one attached hydrogen (secondary N) is 1. The lowest BCUT2D eigenvalue weighted by atomic mass is 10.3. The van der Waals surface area contributed by atoms with Gasteiger partial charge in [0, 0.05) is 18.3 Å². The van der Waals surface area contributed by atoms with Crippen molar-refractivity contribution in [2.45, 2.75) is 6.92 Å². The number of aromatic nitrogens is 1. The van der Waals surface area contributed by atoms with Gasteiger partial charge in [0.2, 0.25) is 0 Å². The van der Waals surface area contributed by atoms with Crippen LogP contribution in [0.5, 0.6) is 5.75 Å². The minimum atomic E-state index is -0.407. The first-order valence-corrected chi connectivity index (χ1v) is 7.16. The van der Waals surface area contributed by atoms with Crippen LogP contribution in [0.2, 0.25) is 5.02 Å². The molecule has 1 amide bonds. The first-order valence-electron chi connectivity index (χ1n) is 6.78. The van der Waals surface area contributed by atoms with Crippen molar-refractivity contribution in [1.82, 2.24) is 9.99 Å². The van der Waals surface area contributed by atoms with Gasteiger partial charge in [-0.15, -0.1) is 0 Å². The maximum absolute atomic E-state index is 11.7. The van der Waals surface area contributed by atoms with Crippen LogP contribution in [-0.2, 0) is 11.8 Å². The third kappa shape index (κ3) is 4.11. The number of amides is 1. The van der Waals surface area contributed by atoms with Gasteiger partial charge in [0.15, 0.2) is 6.61 Å². The summed E-state index contributed by atoms with van der Waals surface area (Å²) >= 11 is 5.93. The van der Waals surface area contributed by atoms with E-state index in [0.717, 1.165) is 11.3 Å². The molecule has 0 unspecified atom stereocenters. The Labute approximate surface area is 138 Å². The van der Waals surface area contributed by atoms with Gasteiger partial charge < -0.3 is 9.30 Å². The number of hydrogen-bond donors (Lipinski definition) is 1. The summed E-state index contributed by atoms with van der Waals surface area (Å²) in [6, 6.07) is 10.7. The fourth-order valence-corrected chi connectivity index (χ4v) is 2.06. The Kier molecular flexibility index (Phi) is 5.39. The van der Waals surface area contributed by atoms with Crippen molar-refractivity contribution in [1.29, 1.82) is 5.26 Å². The number of halogens is 1. The summed E-state index contributed by atoms with van der Waals surface area (Å²) in [5.41, 5.74) is 4.53. The first kappa shape index (κ1) is 16.6. The maximum Gasteiger partial charge on any atom is 0.277 e. The molecule has 0 radical (unpaired) electrons. The number of rotatable bonds is 5. The number of carbonyl (C=O) groups excluding carboxylic acids is 1. The van der Waals surface area contributed by atoms with Gasteiger partial charge in [-0.1, -0.05) is 23.7 Å². The number of para-hydroxylation sites is 1. The van der Waals surface area contributed by atoms with E-state index in [9.17, 15) is 4.79 Å². The summed E-state index contributed by atoms with van der Waals surface area (Å²) < 4.78 is 7.05. The minimum absolute atomic E-state index is 0.196. The Morgan fingerprint density at radius 2 is 2.26 bits per heavy atom. The molecule has 2 rings (SSSR count). The van der Waals surface area contributed by atoms with Crippen LogP contribution in [0, 0.1) is 18.3 Å². The molecule has 0 saturated carbocycles. The van der Waals surface area contributed by atoms with Gasteiger partial charge in [-0.2, -0.15) is 10.4 Å². The predicted molar refractivity (Wildman–Crippen MR) is 87.5 cm³/mol. The zero-order chi connectivity index (χ0) is 16.8. The van der Waals surface area contributed by atoms with E-state index in [4.69, 9.17) is 21.6 Å². The Hall–Kier alpha value is -2.78. The number of carbonyl (C=O) groups is 1. The van der Waals surface area contributed by atoms with Crippen LogP contribution in [-0.4, -0.2) is 23.3 Å². The summed E-state index contributed by atoms with van der Waals surface area (Å²) in [6.07, 6.45) is 1.49. The molecule has 0 fully saturated rings. The van der Waals surface area contributed by atoms with Crippen molar-refractivity contribution in [3.05, 3.63) is 52.3 Å². The van der Waals surface area contributed by atoms with E-state index in [-0.39, 0.29) is 6.61 Å². The van der Waals surface area contributed by atoms with Crippen molar-refractivity contribution >= 4 is 23.7 Å². The Morgan fingerprint density at radius 1 is 1.52 bits per heavy atom. The van der Waals surface area contributed by atoms with Crippen LogP contribution in [0.3, 0.4) is 0 Å². The molecule has 118 valence electrons. The smallest absolute Gasteiger partial charge is 0.277 e. The second kappa shape index (κ2) is 7.47. The van der Waals surface area contributed by atoms with Crippen LogP contribution in [0.25, 0.3) is 0 Å². The number of nitriles is 1. The van der Waals surface area contributed by atoms with Gasteiger partial charge in [0.05, 0.1) is 11.2 Å². The Morgan fingerprint density at radius 3 is 2.91 bits per heavy atom. The fraction of sp³-hybridized carbons (Fsp3) is 0.188. The summed E-state index contributed by atoms with van der Waals surface area (Å²) in [7, 11) is 1.79. The third-order valence-electron chi connectivity index (χ3n) is 3.28. The van der Waals surface area contributed by atoms with Gasteiger partial charge >= 0.3 is 0 Å². The van der Waals surface area contributed by atoms with Crippen LogP contribution in [0.1, 0.15) is 17.0 Å². The van der Waals surface area contributed by atoms with Gasteiger partial charge in [0.25, 0.3) is 5.91 Å². The third-order valence-corrected chi connectivity index (χ3v) is 3.59. The average Bonchev–Trinajstić information content (AvgIpc) is 2.82. The number of hydrazone groups is 1. The topological polar surface area (TPSA) is 79.4 Å². The highest BCUT2D eigenvalue weighted by Gasteiger charge is 2.07. The molecule has 7 heteroatoms. The zero-order valence-electron chi connectivity index (χ0n) is 12.7. The first-order chi connectivity index (χ1) is 11.0. The molecule has 0 saturated heterocycles. The average molecular weight is 331 g/mol. The molecule has 0 atom stereocenters. The molecule has 1 N–H and O–H groups in total. The molecule has 0 aliphatic carbocycles. The molecular formula is C16H15ClN4O2. The van der Waals surface area contributed by atoms with E-state index in [1.807, 2.05) is 6.92 Å². The molecule has 2 aromatic rings. The molecule has 23 heavy (non-hydrogen) atoms. The van der Waals surface area contributed by atoms with E-state index in [2.05, 4.69) is 16.6 Å². The number of benzene rings is 1. The van der Waals surface area contributed by atoms with E-state index >= 15 is 0 Å². The molecule has 1 aromatic heterocycles. The molecule has 0 bridgehead atoms. The van der Waals surface area contributed by atoms with Crippen molar-refractivity contribution in [3.63, 3.8) is 0 Å². The molecule has 1 heterocycles. The van der Waals surface area contributed by atoms with Crippen LogP contribution >= 0.6 is 11.6 Å². The second-order valence-electron chi connectivity index (χ2n) is 4.75. The van der Waals surface area contributed by atoms with Crippen molar-refractivity contribution in [2.75, 3.05) is 6.61 Å². The standard InChI is InChI=1S/C16H15ClN4O2/c1-11-12(7-13(8-18)21(11)2)9-19-20-16(22)10-23-15-6-4-3-5-14(15)17/h3-7,9H,10H2,1-2H3,(H,20,22)/b19-9-. The lowest BCUT2D eigenvalue weighted by Gasteiger charge is -2.06. The minimum Gasteiger partial charge on any atom is -0.482 e. The lowest BCUT2D eigenvalue weighted by Crippen LogP contribution is -2.24. The van der Waals surface area contributed by atoms with Gasteiger partial charge in [-0.3, -0.25) is 4.79 Å². The van der Waals surface area contributed by atoms with Crippen molar-refractivity contribution in [3.8, 4) is 11.8 Å². The summed E-state index contributed by atoms with van der Waals surface area (Å²) in [4.78, 5) is 11.7. The van der Waals surface area contributed by atoms with Gasteiger partial charge in [-0.05, 0) is 25.1 Å². The predicted octanol–water partition coefficient (Wildman–Crippen LogP) is 2.39.